The van der Waals surface area contributed by atoms with E-state index in [0.717, 1.165) is 46.7 Å². The molecule has 0 saturated carbocycles. The number of amides is 1. The summed E-state index contributed by atoms with van der Waals surface area (Å²) in [5, 5.41) is 2.72. The zero-order valence-corrected chi connectivity index (χ0v) is 34.2. The summed E-state index contributed by atoms with van der Waals surface area (Å²) < 4.78 is 42.8. The van der Waals surface area contributed by atoms with Crippen molar-refractivity contribution in [2.24, 2.45) is 5.92 Å². The van der Waals surface area contributed by atoms with Crippen LogP contribution in [0.15, 0.2) is 126 Å². The van der Waals surface area contributed by atoms with E-state index in [1.165, 1.54) is 4.57 Å². The summed E-state index contributed by atoms with van der Waals surface area (Å²) >= 11 is 0. The summed E-state index contributed by atoms with van der Waals surface area (Å²) in [6, 6.07) is 37.9. The summed E-state index contributed by atoms with van der Waals surface area (Å²) in [5.41, 5.74) is 1.56. The molecule has 3 fully saturated rings. The third-order valence-electron chi connectivity index (χ3n) is 11.4. The zero-order chi connectivity index (χ0) is 40.4. The molecule has 1 aromatic heterocycles. The number of nitrogens with one attached hydrogen (secondary N) is 1. The van der Waals surface area contributed by atoms with E-state index in [-0.39, 0.29) is 30.3 Å². The Labute approximate surface area is 340 Å². The fourth-order valence-corrected chi connectivity index (χ4v) is 10.1. The first-order chi connectivity index (χ1) is 28.1. The van der Waals surface area contributed by atoms with E-state index in [1.807, 2.05) is 84.9 Å². The van der Waals surface area contributed by atoms with Gasteiger partial charge in [0.05, 0.1) is 33.0 Å². The average Bonchev–Trinajstić information content (AvgIpc) is 3.71. The SMILES string of the molecule is COc1ccc(C(OC[C@H]2O[C@@H](n3ccc(NC(=O)C(C)C)nc3=O)C[C@@H]2O[P@@]2O[C@@](C)(c3ccccc3)[C@@H]3CCN32)(c2ccccc2)c2ccc(OC)cc2)cc1. The first-order valence-electron chi connectivity index (χ1n) is 19.6. The molecule has 1 amide bonds. The highest BCUT2D eigenvalue weighted by Gasteiger charge is 2.58. The Hall–Kier alpha value is -4.94. The molecule has 5 aromatic rings. The Morgan fingerprint density at radius 2 is 1.50 bits per heavy atom. The molecule has 4 aromatic carbocycles. The smallest absolute Gasteiger partial charge is 0.351 e. The summed E-state index contributed by atoms with van der Waals surface area (Å²) in [5.74, 6) is 1.12. The first kappa shape index (κ1) is 39.9. The molecule has 0 spiro atoms. The van der Waals surface area contributed by atoms with Gasteiger partial charge in [-0.15, -0.1) is 0 Å². The second-order valence-electron chi connectivity index (χ2n) is 15.2. The fourth-order valence-electron chi connectivity index (χ4n) is 8.00. The number of rotatable bonds is 14. The van der Waals surface area contributed by atoms with Crippen molar-refractivity contribution in [2.75, 3.05) is 32.7 Å². The molecule has 0 bridgehead atoms. The number of nitrogens with zero attached hydrogens (tertiary/aromatic N) is 3. The van der Waals surface area contributed by atoms with Crippen LogP contribution in [0.5, 0.6) is 11.5 Å². The minimum atomic E-state index is -1.49. The lowest BCUT2D eigenvalue weighted by atomic mass is 9.80. The molecule has 6 atom stereocenters. The van der Waals surface area contributed by atoms with Crippen LogP contribution in [0.2, 0.25) is 0 Å². The molecule has 0 radical (unpaired) electrons. The van der Waals surface area contributed by atoms with Gasteiger partial charge in [-0.3, -0.25) is 9.36 Å². The Morgan fingerprint density at radius 1 is 0.897 bits per heavy atom. The van der Waals surface area contributed by atoms with E-state index in [4.69, 9.17) is 28.0 Å². The molecule has 0 aliphatic carbocycles. The maximum absolute atomic E-state index is 13.6. The Morgan fingerprint density at radius 3 is 2.05 bits per heavy atom. The van der Waals surface area contributed by atoms with Crippen molar-refractivity contribution in [2.45, 2.75) is 69.3 Å². The standard InChI is InChI=1S/C45H49N4O8P/c1-30(2)42(50)46-40-25-26-48(43(51)47-40)41-28-37(56-58-49-27-24-39(49)44(3,57-58)31-12-8-6-9-13-31)38(55-41)29-54-45(32-14-10-7-11-15-32,33-16-20-35(52-4)21-17-33)34-18-22-36(53-5)23-19-34/h6-23,25-26,30,37-39,41H,24,27-29H2,1-5H3,(H,46,47,50,51)/t37-,38+,39-,41+,44-,58-/m0/s1. The number of aromatic nitrogens is 2. The lowest BCUT2D eigenvalue weighted by Crippen LogP contribution is -2.50. The quantitative estimate of drug-likeness (QED) is 0.0880. The van der Waals surface area contributed by atoms with Gasteiger partial charge in [0.25, 0.3) is 8.53 Å². The molecular formula is C45H49N4O8P. The zero-order valence-electron chi connectivity index (χ0n) is 33.3. The van der Waals surface area contributed by atoms with Crippen LogP contribution in [0.1, 0.15) is 62.1 Å². The summed E-state index contributed by atoms with van der Waals surface area (Å²) in [7, 11) is 1.80. The molecule has 1 N–H and O–H groups in total. The highest BCUT2D eigenvalue weighted by Crippen LogP contribution is 2.65. The predicted molar refractivity (Wildman–Crippen MR) is 221 cm³/mol. The fraction of sp³-hybridized carbons (Fsp3) is 0.356. The number of carbonyl (C=O) groups is 1. The number of ether oxygens (including phenoxy) is 4. The van der Waals surface area contributed by atoms with Crippen LogP contribution >= 0.6 is 8.53 Å². The first-order valence-corrected chi connectivity index (χ1v) is 20.8. The summed E-state index contributed by atoms with van der Waals surface area (Å²) in [6.07, 6.45) is 1.04. The van der Waals surface area contributed by atoms with Crippen molar-refractivity contribution in [1.29, 1.82) is 0 Å². The monoisotopic (exact) mass is 804 g/mol. The van der Waals surface area contributed by atoms with Crippen LogP contribution in [0, 0.1) is 5.92 Å². The number of hydrogen-bond donors (Lipinski definition) is 1. The Bertz CT molecular complexity index is 2190. The molecule has 3 saturated heterocycles. The van der Waals surface area contributed by atoms with E-state index in [2.05, 4.69) is 46.2 Å². The van der Waals surface area contributed by atoms with E-state index < -0.39 is 43.9 Å². The maximum Gasteiger partial charge on any atom is 0.351 e. The van der Waals surface area contributed by atoms with Crippen molar-refractivity contribution in [3.63, 3.8) is 0 Å². The van der Waals surface area contributed by atoms with Crippen molar-refractivity contribution >= 4 is 20.3 Å². The Kier molecular flexibility index (Phi) is 11.5. The van der Waals surface area contributed by atoms with Crippen molar-refractivity contribution in [1.82, 2.24) is 14.2 Å². The average molecular weight is 805 g/mol. The van der Waals surface area contributed by atoms with Crippen molar-refractivity contribution in [3.05, 3.63) is 154 Å². The highest BCUT2D eigenvalue weighted by atomic mass is 31.2. The largest absolute Gasteiger partial charge is 0.497 e. The predicted octanol–water partition coefficient (Wildman–Crippen LogP) is 7.78. The summed E-state index contributed by atoms with van der Waals surface area (Å²) in [4.78, 5) is 30.1. The molecule has 8 rings (SSSR count). The van der Waals surface area contributed by atoms with E-state index in [0.29, 0.717) is 6.42 Å². The molecule has 58 heavy (non-hydrogen) atoms. The van der Waals surface area contributed by atoms with Gasteiger partial charge in [-0.2, -0.15) is 4.98 Å². The van der Waals surface area contributed by atoms with Crippen LogP contribution < -0.4 is 20.5 Å². The number of anilines is 1. The van der Waals surface area contributed by atoms with Crippen LogP contribution in [0.4, 0.5) is 5.82 Å². The van der Waals surface area contributed by atoms with Crippen LogP contribution in [0.3, 0.4) is 0 Å². The Balaban J connectivity index is 1.15. The second kappa shape index (κ2) is 16.7. The number of benzene rings is 4. The van der Waals surface area contributed by atoms with Crippen molar-refractivity contribution in [3.8, 4) is 11.5 Å². The lowest BCUT2D eigenvalue weighted by molar-refractivity contribution is -0.118. The molecule has 12 nitrogen and oxygen atoms in total. The molecule has 0 unspecified atom stereocenters. The third-order valence-corrected chi connectivity index (χ3v) is 13.3. The van der Waals surface area contributed by atoms with E-state index in [1.54, 1.807) is 40.3 Å². The molecule has 4 heterocycles. The van der Waals surface area contributed by atoms with Gasteiger partial charge in [-0.1, -0.05) is 98.8 Å². The van der Waals surface area contributed by atoms with Crippen molar-refractivity contribution < 1.29 is 32.8 Å². The number of methoxy groups -OCH3 is 2. The number of fused-ring (bicyclic) bond motifs is 1. The minimum Gasteiger partial charge on any atom is -0.497 e. The molecule has 13 heteroatoms. The van der Waals surface area contributed by atoms with Gasteiger partial charge in [-0.25, -0.2) is 9.46 Å². The van der Waals surface area contributed by atoms with E-state index >= 15 is 0 Å². The maximum atomic E-state index is 13.6. The van der Waals surface area contributed by atoms with Gasteiger partial charge in [0.2, 0.25) is 5.91 Å². The van der Waals surface area contributed by atoms with Gasteiger partial charge in [-0.05, 0) is 65.9 Å². The van der Waals surface area contributed by atoms with Gasteiger partial charge < -0.3 is 33.3 Å². The number of hydrogen-bond acceptors (Lipinski definition) is 10. The van der Waals surface area contributed by atoms with Crippen LogP contribution in [-0.4, -0.2) is 65.7 Å². The van der Waals surface area contributed by atoms with Gasteiger partial charge in [0, 0.05) is 25.1 Å². The lowest BCUT2D eigenvalue weighted by Gasteiger charge is -2.40. The normalized spacial score (nSPS) is 24.3. The second-order valence-corrected chi connectivity index (χ2v) is 16.6. The van der Waals surface area contributed by atoms with Gasteiger partial charge in [0.15, 0.2) is 0 Å². The molecule has 3 aliphatic rings. The van der Waals surface area contributed by atoms with E-state index in [9.17, 15) is 9.59 Å². The topological polar surface area (TPSA) is 123 Å². The van der Waals surface area contributed by atoms with Gasteiger partial charge >= 0.3 is 5.69 Å². The van der Waals surface area contributed by atoms with Crippen LogP contribution in [0.25, 0.3) is 0 Å². The third kappa shape index (κ3) is 7.56. The molecule has 3 aliphatic heterocycles. The molecule has 302 valence electrons. The van der Waals surface area contributed by atoms with Gasteiger partial charge in [0.1, 0.15) is 40.9 Å². The van der Waals surface area contributed by atoms with Crippen LogP contribution in [-0.2, 0) is 34.5 Å². The molecular weight excluding hydrogens is 755 g/mol. The summed E-state index contributed by atoms with van der Waals surface area (Å²) in [6.45, 7) is 6.64. The number of carbonyl (C=O) groups excluding carboxylic acids is 1. The highest BCUT2D eigenvalue weighted by molar-refractivity contribution is 7.45. The minimum absolute atomic E-state index is 0.0847.